The van der Waals surface area contributed by atoms with Gasteiger partial charge in [0.15, 0.2) is 6.61 Å². The highest BCUT2D eigenvalue weighted by atomic mass is 16.6. The van der Waals surface area contributed by atoms with E-state index >= 15 is 0 Å². The summed E-state index contributed by atoms with van der Waals surface area (Å²) in [6.45, 7) is 12.2. The summed E-state index contributed by atoms with van der Waals surface area (Å²) in [5, 5.41) is 7.89. The molecule has 0 aliphatic rings. The number of carbonyl (C=O) groups is 3. The molecule has 0 heterocycles. The molecule has 0 atom stereocenters. The molecule has 0 saturated heterocycles. The number of esters is 2. The van der Waals surface area contributed by atoms with E-state index in [2.05, 4.69) is 29.2 Å². The molecule has 6 nitrogen and oxygen atoms in total. The monoisotopic (exact) mass is 256 g/mol. The normalized spacial score (nSPS) is 8.11. The summed E-state index contributed by atoms with van der Waals surface area (Å²) in [6, 6.07) is 0. The molecule has 0 saturated carbocycles. The molecule has 0 amide bonds. The fraction of sp³-hybridized carbons (Fsp3) is 0.250. The SMILES string of the molecule is C=C(C)C(=O)O.C=COC(=O)COC(=O)C(=C)C. The minimum absolute atomic E-state index is 0.176. The first-order valence-corrected chi connectivity index (χ1v) is 4.74. The number of ether oxygens (including phenoxy) is 2. The minimum Gasteiger partial charge on any atom is -0.478 e. The van der Waals surface area contributed by atoms with Crippen molar-refractivity contribution in [3.05, 3.63) is 37.1 Å². The van der Waals surface area contributed by atoms with Crippen molar-refractivity contribution in [2.24, 2.45) is 0 Å². The zero-order chi connectivity index (χ0) is 14.7. The molecule has 0 aromatic heterocycles. The van der Waals surface area contributed by atoms with Gasteiger partial charge in [0.2, 0.25) is 0 Å². The van der Waals surface area contributed by atoms with Crippen molar-refractivity contribution in [1.29, 1.82) is 0 Å². The highest BCUT2D eigenvalue weighted by Crippen LogP contribution is 1.92. The Morgan fingerprint density at radius 3 is 1.89 bits per heavy atom. The second-order valence-corrected chi connectivity index (χ2v) is 3.10. The fourth-order valence-electron chi connectivity index (χ4n) is 0.375. The molecular formula is C12H16O6. The molecule has 0 unspecified atom stereocenters. The Bertz CT molecular complexity index is 355. The van der Waals surface area contributed by atoms with Crippen molar-refractivity contribution in [2.45, 2.75) is 13.8 Å². The van der Waals surface area contributed by atoms with Crippen molar-refractivity contribution < 1.29 is 29.0 Å². The van der Waals surface area contributed by atoms with Gasteiger partial charge in [-0.3, -0.25) is 0 Å². The van der Waals surface area contributed by atoms with Crippen LogP contribution >= 0.6 is 0 Å². The Labute approximate surface area is 105 Å². The minimum atomic E-state index is -0.935. The Hall–Kier alpha value is -2.37. The number of hydrogen-bond donors (Lipinski definition) is 1. The average molecular weight is 256 g/mol. The molecule has 0 aliphatic heterocycles. The van der Waals surface area contributed by atoms with Gasteiger partial charge in [-0.25, -0.2) is 14.4 Å². The highest BCUT2D eigenvalue weighted by Gasteiger charge is 2.07. The maximum Gasteiger partial charge on any atom is 0.349 e. The number of rotatable bonds is 5. The molecule has 6 heteroatoms. The molecule has 0 aromatic carbocycles. The van der Waals surface area contributed by atoms with Gasteiger partial charge >= 0.3 is 17.9 Å². The van der Waals surface area contributed by atoms with Crippen LogP contribution in [-0.2, 0) is 23.9 Å². The Balaban J connectivity index is 0. The molecule has 0 aliphatic carbocycles. The zero-order valence-electron chi connectivity index (χ0n) is 10.4. The van der Waals surface area contributed by atoms with Crippen molar-refractivity contribution in [1.82, 2.24) is 0 Å². The number of carboxylic acids is 1. The molecule has 0 rings (SSSR count). The summed E-state index contributed by atoms with van der Waals surface area (Å²) in [6.07, 6.45) is 0.969. The fourth-order valence-corrected chi connectivity index (χ4v) is 0.375. The van der Waals surface area contributed by atoms with Crippen LogP contribution in [0.3, 0.4) is 0 Å². The van der Waals surface area contributed by atoms with Crippen molar-refractivity contribution in [2.75, 3.05) is 6.61 Å². The third-order valence-electron chi connectivity index (χ3n) is 1.25. The second kappa shape index (κ2) is 9.83. The number of hydrogen-bond acceptors (Lipinski definition) is 5. The van der Waals surface area contributed by atoms with Gasteiger partial charge in [-0.2, -0.15) is 0 Å². The predicted molar refractivity (Wildman–Crippen MR) is 64.5 cm³/mol. The smallest absolute Gasteiger partial charge is 0.349 e. The van der Waals surface area contributed by atoms with Crippen LogP contribution in [0.25, 0.3) is 0 Å². The predicted octanol–water partition coefficient (Wildman–Crippen LogP) is 1.44. The van der Waals surface area contributed by atoms with E-state index in [1.165, 1.54) is 13.8 Å². The van der Waals surface area contributed by atoms with E-state index in [0.717, 1.165) is 6.26 Å². The summed E-state index contributed by atoms with van der Waals surface area (Å²) in [4.78, 5) is 30.9. The summed E-state index contributed by atoms with van der Waals surface area (Å²) in [5.41, 5.74) is 0.413. The van der Waals surface area contributed by atoms with E-state index in [-0.39, 0.29) is 11.1 Å². The van der Waals surface area contributed by atoms with Gasteiger partial charge in [-0.05, 0) is 13.8 Å². The van der Waals surface area contributed by atoms with E-state index in [1.807, 2.05) is 0 Å². The van der Waals surface area contributed by atoms with Crippen LogP contribution < -0.4 is 0 Å². The van der Waals surface area contributed by atoms with E-state index in [1.54, 1.807) is 0 Å². The van der Waals surface area contributed by atoms with Crippen LogP contribution in [0.4, 0.5) is 0 Å². The van der Waals surface area contributed by atoms with Gasteiger partial charge in [-0.15, -0.1) is 0 Å². The van der Waals surface area contributed by atoms with Crippen LogP contribution in [0.1, 0.15) is 13.8 Å². The van der Waals surface area contributed by atoms with Crippen LogP contribution in [0.5, 0.6) is 0 Å². The first-order chi connectivity index (χ1) is 8.22. The quantitative estimate of drug-likeness (QED) is 0.454. The van der Waals surface area contributed by atoms with Gasteiger partial charge in [0.05, 0.1) is 6.26 Å². The molecule has 0 aromatic rings. The third-order valence-corrected chi connectivity index (χ3v) is 1.25. The van der Waals surface area contributed by atoms with Crippen LogP contribution in [0, 0.1) is 0 Å². The molecule has 18 heavy (non-hydrogen) atoms. The third kappa shape index (κ3) is 11.7. The number of aliphatic carboxylic acids is 1. The van der Waals surface area contributed by atoms with E-state index < -0.39 is 24.5 Å². The molecule has 0 fully saturated rings. The molecule has 100 valence electrons. The van der Waals surface area contributed by atoms with E-state index in [4.69, 9.17) is 5.11 Å². The topological polar surface area (TPSA) is 89.9 Å². The molecule has 0 spiro atoms. The van der Waals surface area contributed by atoms with Crippen molar-refractivity contribution in [3.8, 4) is 0 Å². The van der Waals surface area contributed by atoms with E-state index in [9.17, 15) is 14.4 Å². The first kappa shape index (κ1) is 18.0. The molecule has 0 bridgehead atoms. The van der Waals surface area contributed by atoms with Crippen LogP contribution in [0.2, 0.25) is 0 Å². The maximum absolute atomic E-state index is 10.7. The van der Waals surface area contributed by atoms with Gasteiger partial charge in [0.1, 0.15) is 0 Å². The summed E-state index contributed by atoms with van der Waals surface area (Å²) in [7, 11) is 0. The summed E-state index contributed by atoms with van der Waals surface area (Å²) in [5.74, 6) is -2.22. The lowest BCUT2D eigenvalue weighted by Crippen LogP contribution is -2.14. The Morgan fingerprint density at radius 2 is 1.61 bits per heavy atom. The van der Waals surface area contributed by atoms with Gasteiger partial charge in [0.25, 0.3) is 0 Å². The lowest BCUT2D eigenvalue weighted by molar-refractivity contribution is -0.152. The van der Waals surface area contributed by atoms with Crippen molar-refractivity contribution in [3.63, 3.8) is 0 Å². The second-order valence-electron chi connectivity index (χ2n) is 3.10. The Kier molecular flexibility index (Phi) is 9.83. The van der Waals surface area contributed by atoms with Gasteiger partial charge < -0.3 is 14.6 Å². The molecular weight excluding hydrogens is 240 g/mol. The Morgan fingerprint density at radius 1 is 1.17 bits per heavy atom. The first-order valence-electron chi connectivity index (χ1n) is 4.74. The van der Waals surface area contributed by atoms with Crippen LogP contribution in [-0.4, -0.2) is 29.6 Å². The van der Waals surface area contributed by atoms with Gasteiger partial charge in [-0.1, -0.05) is 19.7 Å². The standard InChI is InChI=1S/C8H10O4.C4H6O2/c1-4-11-7(9)5-12-8(10)6(2)3;1-3(2)4(5)6/h4H,1-2,5H2,3H3;1H2,2H3,(H,5,6). The summed E-state index contributed by atoms with van der Waals surface area (Å²) < 4.78 is 8.75. The molecule has 0 radical (unpaired) electrons. The number of carbonyl (C=O) groups excluding carboxylic acids is 2. The molecule has 1 N–H and O–H groups in total. The zero-order valence-corrected chi connectivity index (χ0v) is 10.4. The average Bonchev–Trinajstić information content (AvgIpc) is 2.26. The maximum atomic E-state index is 10.7. The lowest BCUT2D eigenvalue weighted by atomic mass is 10.4. The van der Waals surface area contributed by atoms with Crippen LogP contribution in [0.15, 0.2) is 37.1 Å². The summed E-state index contributed by atoms with van der Waals surface area (Å²) >= 11 is 0. The van der Waals surface area contributed by atoms with Gasteiger partial charge in [0, 0.05) is 11.1 Å². The van der Waals surface area contributed by atoms with Crippen molar-refractivity contribution >= 4 is 17.9 Å². The highest BCUT2D eigenvalue weighted by molar-refractivity contribution is 5.88. The number of carboxylic acid groups (broad SMARTS) is 1. The van der Waals surface area contributed by atoms with E-state index in [0.29, 0.717) is 0 Å². The lowest BCUT2D eigenvalue weighted by Gasteiger charge is -2.01. The largest absolute Gasteiger partial charge is 0.478 e.